The minimum atomic E-state index is -1.97. The molecule has 2 aliphatic heterocycles. The van der Waals surface area contributed by atoms with Crippen LogP contribution in [-0.2, 0) is 14.1 Å². The van der Waals surface area contributed by atoms with Gasteiger partial charge in [-0.1, -0.05) is 33.6 Å². The average molecular weight is 472 g/mol. The zero-order chi connectivity index (χ0) is 23.1. The molecular formula is C22H41N3O4SSi. The number of carbonyl (C=O) groups excluding carboxylic acids is 3. The Kier molecular flexibility index (Phi) is 9.88. The maximum Gasteiger partial charge on any atom is 0.315 e. The predicted octanol–water partition coefficient (Wildman–Crippen LogP) is 4.28. The Morgan fingerprint density at radius 1 is 1.06 bits per heavy atom. The Balaban J connectivity index is 1.45. The highest BCUT2D eigenvalue weighted by molar-refractivity contribution is 8.00. The fraction of sp³-hybridized carbons (Fsp3) is 0.864. The van der Waals surface area contributed by atoms with Crippen LogP contribution in [0.25, 0.3) is 0 Å². The number of carbonyl (C=O) groups is 3. The number of hydrogen-bond acceptors (Lipinski definition) is 5. The molecule has 31 heavy (non-hydrogen) atoms. The molecule has 3 amide bonds. The summed E-state index contributed by atoms with van der Waals surface area (Å²) in [4.78, 5) is 35.5. The second kappa shape index (κ2) is 11.7. The largest absolute Gasteiger partial charge is 0.332 e. The number of hydrogen-bond donors (Lipinski definition) is 3. The first-order chi connectivity index (χ1) is 14.5. The lowest BCUT2D eigenvalue weighted by Gasteiger charge is -2.35. The molecule has 3 N–H and O–H groups in total. The van der Waals surface area contributed by atoms with E-state index in [1.807, 2.05) is 11.8 Å². The lowest BCUT2D eigenvalue weighted by molar-refractivity contribution is -0.128. The van der Waals surface area contributed by atoms with Crippen LogP contribution in [0.2, 0.25) is 18.1 Å². The topological polar surface area (TPSA) is 96.5 Å². The molecule has 0 saturated carbocycles. The normalized spacial score (nSPS) is 23.3. The minimum Gasteiger partial charge on any atom is -0.332 e. The van der Waals surface area contributed by atoms with Gasteiger partial charge in [0, 0.05) is 30.3 Å². The number of rotatable bonds is 13. The third-order valence-corrected chi connectivity index (χ3v) is 12.5. The third kappa shape index (κ3) is 8.42. The maximum absolute atomic E-state index is 12.1. The molecule has 2 rings (SSSR count). The first kappa shape index (κ1) is 26.2. The van der Waals surface area contributed by atoms with Crippen molar-refractivity contribution in [2.75, 3.05) is 5.75 Å². The van der Waals surface area contributed by atoms with Crippen molar-refractivity contribution in [2.45, 2.75) is 114 Å². The van der Waals surface area contributed by atoms with Crippen molar-refractivity contribution >= 4 is 37.8 Å². The van der Waals surface area contributed by atoms with Crippen molar-refractivity contribution < 1.29 is 18.9 Å². The van der Waals surface area contributed by atoms with Crippen LogP contribution in [0.5, 0.6) is 0 Å². The highest BCUT2D eigenvalue weighted by atomic mass is 32.2. The van der Waals surface area contributed by atoms with Crippen LogP contribution in [0, 0.1) is 0 Å². The van der Waals surface area contributed by atoms with E-state index >= 15 is 0 Å². The number of hydroxylamine groups is 1. The molecule has 0 aliphatic carbocycles. The highest BCUT2D eigenvalue weighted by Crippen LogP contribution is 2.36. The van der Waals surface area contributed by atoms with Crippen LogP contribution in [0.1, 0.15) is 78.6 Å². The minimum absolute atomic E-state index is 0.0453. The molecule has 0 spiro atoms. The molecule has 2 saturated heterocycles. The molecule has 178 valence electrons. The fourth-order valence-corrected chi connectivity index (χ4v) is 5.83. The highest BCUT2D eigenvalue weighted by Gasteiger charge is 2.42. The molecule has 9 heteroatoms. The average Bonchev–Trinajstić information content (AvgIpc) is 3.22. The Morgan fingerprint density at radius 3 is 2.39 bits per heavy atom. The molecule has 0 radical (unpaired) electrons. The van der Waals surface area contributed by atoms with Gasteiger partial charge in [0.15, 0.2) is 0 Å². The van der Waals surface area contributed by atoms with Gasteiger partial charge in [0.25, 0.3) is 0 Å². The molecule has 0 aromatic rings. The summed E-state index contributed by atoms with van der Waals surface area (Å²) in [5.41, 5.74) is 2.63. The van der Waals surface area contributed by atoms with Crippen molar-refractivity contribution in [1.82, 2.24) is 16.1 Å². The van der Waals surface area contributed by atoms with Crippen LogP contribution >= 0.6 is 11.8 Å². The number of ketones is 1. The van der Waals surface area contributed by atoms with Crippen LogP contribution in [-0.4, -0.2) is 49.1 Å². The molecule has 0 unspecified atom stereocenters. The molecule has 0 aromatic heterocycles. The summed E-state index contributed by atoms with van der Waals surface area (Å²) in [5.74, 6) is 1.23. The zero-order valence-electron chi connectivity index (χ0n) is 19.8. The number of Topliss-reactive ketones (excluding diaryl/α,β-unsaturated/α-hetero) is 1. The van der Waals surface area contributed by atoms with Crippen molar-refractivity contribution in [2.24, 2.45) is 0 Å². The van der Waals surface area contributed by atoms with E-state index in [9.17, 15) is 14.4 Å². The van der Waals surface area contributed by atoms with Gasteiger partial charge in [0.05, 0.1) is 12.1 Å². The van der Waals surface area contributed by atoms with E-state index < -0.39 is 8.32 Å². The summed E-state index contributed by atoms with van der Waals surface area (Å²) in [5, 5.41) is 6.49. The summed E-state index contributed by atoms with van der Waals surface area (Å²) in [6.07, 6.45) is 7.17. The number of urea groups is 1. The molecule has 0 aromatic carbocycles. The predicted molar refractivity (Wildman–Crippen MR) is 128 cm³/mol. The second-order valence-corrected chi connectivity index (χ2v) is 16.4. The van der Waals surface area contributed by atoms with E-state index in [0.29, 0.717) is 30.3 Å². The van der Waals surface area contributed by atoms with Gasteiger partial charge in [-0.15, -0.1) is 0 Å². The van der Waals surface area contributed by atoms with Gasteiger partial charge in [-0.05, 0) is 43.8 Å². The Morgan fingerprint density at radius 2 is 1.71 bits per heavy atom. The van der Waals surface area contributed by atoms with Crippen molar-refractivity contribution in [1.29, 1.82) is 0 Å². The van der Waals surface area contributed by atoms with Gasteiger partial charge in [-0.3, -0.25) is 9.59 Å². The standard InChI is InChI=1S/C22H41N3O4SSi/c1-22(2,3)31(4,5)29-25-19(27)14-8-6-7-11-16(26)12-9-10-13-18-20-17(15-30-18)23-21(28)24-20/h17-18,20H,6-15H2,1-5H3,(H,25,27)(H2,23,24,28)/t17-,18-,20-/m0/s1. The van der Waals surface area contributed by atoms with Crippen LogP contribution in [0.4, 0.5) is 4.79 Å². The third-order valence-electron chi connectivity index (χ3n) is 6.72. The molecule has 2 heterocycles. The SMILES string of the molecule is CC(C)(C)[Si](C)(C)ONC(=O)CCCCCC(=O)CCCC[C@@H]1SC[C@@H]2NC(=O)N[C@@H]21. The van der Waals surface area contributed by atoms with Gasteiger partial charge < -0.3 is 15.2 Å². The summed E-state index contributed by atoms with van der Waals surface area (Å²) < 4.78 is 5.73. The summed E-state index contributed by atoms with van der Waals surface area (Å²) in [6.45, 7) is 10.6. The van der Waals surface area contributed by atoms with Crippen molar-refractivity contribution in [3.8, 4) is 0 Å². The lowest BCUT2D eigenvalue weighted by Crippen LogP contribution is -2.46. The molecule has 2 fully saturated rings. The molecular weight excluding hydrogens is 430 g/mol. The zero-order valence-corrected chi connectivity index (χ0v) is 21.7. The fourth-order valence-electron chi connectivity index (χ4n) is 3.61. The van der Waals surface area contributed by atoms with E-state index in [2.05, 4.69) is 50.0 Å². The summed E-state index contributed by atoms with van der Waals surface area (Å²) >= 11 is 1.92. The Bertz CT molecular complexity index is 639. The van der Waals surface area contributed by atoms with Crippen LogP contribution in [0.3, 0.4) is 0 Å². The monoisotopic (exact) mass is 471 g/mol. The van der Waals surface area contributed by atoms with Crippen molar-refractivity contribution in [3.05, 3.63) is 0 Å². The molecule has 7 nitrogen and oxygen atoms in total. The summed E-state index contributed by atoms with van der Waals surface area (Å²) in [6, 6.07) is 0.471. The van der Waals surface area contributed by atoms with Crippen LogP contribution < -0.4 is 16.1 Å². The van der Waals surface area contributed by atoms with E-state index in [4.69, 9.17) is 4.53 Å². The lowest BCUT2D eigenvalue weighted by atomic mass is 10.0. The van der Waals surface area contributed by atoms with Crippen LogP contribution in [0.15, 0.2) is 0 Å². The number of unbranched alkanes of at least 4 members (excludes halogenated alkanes) is 3. The first-order valence-electron chi connectivity index (χ1n) is 11.7. The number of thioether (sulfide) groups is 1. The first-order valence-corrected chi connectivity index (χ1v) is 15.6. The van der Waals surface area contributed by atoms with Crippen molar-refractivity contribution in [3.63, 3.8) is 0 Å². The van der Waals surface area contributed by atoms with Gasteiger partial charge in [0.1, 0.15) is 5.78 Å². The quantitative estimate of drug-likeness (QED) is 0.161. The molecule has 3 atom stereocenters. The number of amides is 3. The Hall–Kier alpha value is -1.06. The second-order valence-electron chi connectivity index (χ2n) is 10.4. The number of nitrogens with one attached hydrogen (secondary N) is 3. The maximum atomic E-state index is 12.1. The smallest absolute Gasteiger partial charge is 0.315 e. The molecule has 0 bridgehead atoms. The van der Waals surface area contributed by atoms with Gasteiger partial charge >= 0.3 is 6.03 Å². The molecule has 2 aliphatic rings. The summed E-state index contributed by atoms with van der Waals surface area (Å²) in [7, 11) is -1.97. The van der Waals surface area contributed by atoms with Gasteiger partial charge in [0.2, 0.25) is 14.2 Å². The van der Waals surface area contributed by atoms with E-state index in [-0.39, 0.29) is 29.1 Å². The number of fused-ring (bicyclic) bond motifs is 1. The van der Waals surface area contributed by atoms with E-state index in [1.54, 1.807) is 0 Å². The van der Waals surface area contributed by atoms with Gasteiger partial charge in [-0.2, -0.15) is 11.8 Å². The van der Waals surface area contributed by atoms with E-state index in [0.717, 1.165) is 44.3 Å². The van der Waals surface area contributed by atoms with Gasteiger partial charge in [-0.25, -0.2) is 10.3 Å². The Labute approximate surface area is 192 Å². The van der Waals surface area contributed by atoms with E-state index in [1.165, 1.54) is 0 Å².